The summed E-state index contributed by atoms with van der Waals surface area (Å²) in [5.41, 5.74) is 1.00. The van der Waals surface area contributed by atoms with Crippen LogP contribution in [0.25, 0.3) is 0 Å². The van der Waals surface area contributed by atoms with Gasteiger partial charge in [-0.25, -0.2) is 4.39 Å². The minimum Gasteiger partial charge on any atom is -0.372 e. The van der Waals surface area contributed by atoms with Crippen molar-refractivity contribution >= 4 is 15.9 Å². The van der Waals surface area contributed by atoms with E-state index < -0.39 is 0 Å². The van der Waals surface area contributed by atoms with Crippen molar-refractivity contribution in [3.63, 3.8) is 0 Å². The molecule has 17 heavy (non-hydrogen) atoms. The zero-order valence-electron chi connectivity index (χ0n) is 10.0. The Labute approximate surface area is 110 Å². The van der Waals surface area contributed by atoms with E-state index in [0.29, 0.717) is 12.0 Å². The molecule has 3 unspecified atom stereocenters. The van der Waals surface area contributed by atoms with Gasteiger partial charge in [0.15, 0.2) is 0 Å². The second-order valence-corrected chi connectivity index (χ2v) is 5.52. The van der Waals surface area contributed by atoms with Gasteiger partial charge < -0.3 is 10.1 Å². The average Bonchev–Trinajstić information content (AvgIpc) is 2.44. The Morgan fingerprint density at radius 2 is 2.18 bits per heavy atom. The van der Waals surface area contributed by atoms with Gasteiger partial charge in [0.25, 0.3) is 0 Å². The Kier molecular flexibility index (Phi) is 4.17. The molecule has 1 aliphatic rings. The maximum Gasteiger partial charge on any atom is 0.124 e. The summed E-state index contributed by atoms with van der Waals surface area (Å²) in [7, 11) is 0. The normalized spacial score (nSPS) is 30.0. The fraction of sp³-hybridized carbons (Fsp3) is 0.538. The lowest BCUT2D eigenvalue weighted by Crippen LogP contribution is -2.32. The molecule has 0 saturated carbocycles. The molecule has 0 spiro atoms. The fourth-order valence-corrected chi connectivity index (χ4v) is 2.53. The highest BCUT2D eigenvalue weighted by Crippen LogP contribution is 2.28. The van der Waals surface area contributed by atoms with Gasteiger partial charge >= 0.3 is 0 Å². The van der Waals surface area contributed by atoms with Gasteiger partial charge in [0.05, 0.1) is 12.7 Å². The molecule has 1 heterocycles. The minimum atomic E-state index is -0.232. The van der Waals surface area contributed by atoms with E-state index >= 15 is 0 Å². The number of hydrogen-bond acceptors (Lipinski definition) is 2. The van der Waals surface area contributed by atoms with E-state index in [-0.39, 0.29) is 11.9 Å². The summed E-state index contributed by atoms with van der Waals surface area (Å²) in [4.78, 5) is 0. The zero-order chi connectivity index (χ0) is 12.4. The molecule has 0 bridgehead atoms. The van der Waals surface area contributed by atoms with Crippen molar-refractivity contribution in [2.45, 2.75) is 26.0 Å². The number of hydrogen-bond donors (Lipinski definition) is 1. The highest BCUT2D eigenvalue weighted by molar-refractivity contribution is 9.10. The Bertz CT molecular complexity index is 387. The van der Waals surface area contributed by atoms with Crippen LogP contribution < -0.4 is 5.32 Å². The summed E-state index contributed by atoms with van der Waals surface area (Å²) >= 11 is 3.39. The second kappa shape index (κ2) is 5.46. The number of rotatable bonds is 1. The highest BCUT2D eigenvalue weighted by Gasteiger charge is 2.23. The fourth-order valence-electron chi connectivity index (χ4n) is 1.93. The molecule has 4 heteroatoms. The topological polar surface area (TPSA) is 21.3 Å². The molecule has 1 fully saturated rings. The summed E-state index contributed by atoms with van der Waals surface area (Å²) in [5, 5.41) is 3.45. The standard InChI is InChI=1S/C13H17BrFNO/c1-8-7-17-13(6-16-9(8)2)11-4-3-10(15)5-12(11)14/h3-5,8-9,13,16H,6-7H2,1-2H3. The third-order valence-electron chi connectivity index (χ3n) is 3.35. The molecular formula is C13H17BrFNO. The SMILES string of the molecule is CC1COC(c2ccc(F)cc2Br)CNC1C. The molecule has 0 aliphatic carbocycles. The lowest BCUT2D eigenvalue weighted by molar-refractivity contribution is 0.0492. The Morgan fingerprint density at radius 1 is 1.41 bits per heavy atom. The third kappa shape index (κ3) is 3.06. The van der Waals surface area contributed by atoms with E-state index in [1.54, 1.807) is 6.07 Å². The van der Waals surface area contributed by atoms with Crippen molar-refractivity contribution in [1.82, 2.24) is 5.32 Å². The van der Waals surface area contributed by atoms with Crippen LogP contribution in [0.4, 0.5) is 4.39 Å². The van der Waals surface area contributed by atoms with Crippen molar-refractivity contribution in [1.29, 1.82) is 0 Å². The van der Waals surface area contributed by atoms with E-state index in [2.05, 4.69) is 35.1 Å². The van der Waals surface area contributed by atoms with E-state index in [4.69, 9.17) is 4.74 Å². The molecule has 2 nitrogen and oxygen atoms in total. The molecule has 0 amide bonds. The monoisotopic (exact) mass is 301 g/mol. The van der Waals surface area contributed by atoms with Crippen LogP contribution in [0.1, 0.15) is 25.5 Å². The number of benzene rings is 1. The van der Waals surface area contributed by atoms with Crippen LogP contribution in [0.3, 0.4) is 0 Å². The van der Waals surface area contributed by atoms with Gasteiger partial charge in [0.1, 0.15) is 5.82 Å². The maximum atomic E-state index is 13.0. The first kappa shape index (κ1) is 13.0. The van der Waals surface area contributed by atoms with Crippen molar-refractivity contribution < 1.29 is 9.13 Å². The van der Waals surface area contributed by atoms with Crippen LogP contribution in [0.5, 0.6) is 0 Å². The van der Waals surface area contributed by atoms with Crippen molar-refractivity contribution in [2.24, 2.45) is 5.92 Å². The van der Waals surface area contributed by atoms with Crippen LogP contribution in [0.2, 0.25) is 0 Å². The van der Waals surface area contributed by atoms with Crippen molar-refractivity contribution in [3.8, 4) is 0 Å². The molecule has 0 aromatic heterocycles. The van der Waals surface area contributed by atoms with Crippen molar-refractivity contribution in [2.75, 3.05) is 13.2 Å². The molecule has 1 saturated heterocycles. The molecule has 94 valence electrons. The van der Waals surface area contributed by atoms with E-state index in [9.17, 15) is 4.39 Å². The van der Waals surface area contributed by atoms with Crippen LogP contribution in [-0.4, -0.2) is 19.2 Å². The van der Waals surface area contributed by atoms with Crippen LogP contribution in [0, 0.1) is 11.7 Å². The first-order valence-corrected chi connectivity index (χ1v) is 6.67. The summed E-state index contributed by atoms with van der Waals surface area (Å²) in [6.07, 6.45) is -0.0163. The Balaban J connectivity index is 2.17. The van der Waals surface area contributed by atoms with Gasteiger partial charge in [-0.05, 0) is 30.5 Å². The number of ether oxygens (including phenoxy) is 1. The predicted molar refractivity (Wildman–Crippen MR) is 69.4 cm³/mol. The van der Waals surface area contributed by atoms with E-state index in [0.717, 1.165) is 23.2 Å². The first-order valence-electron chi connectivity index (χ1n) is 5.88. The second-order valence-electron chi connectivity index (χ2n) is 4.66. The average molecular weight is 302 g/mol. The van der Waals surface area contributed by atoms with Gasteiger partial charge in [-0.3, -0.25) is 0 Å². The van der Waals surface area contributed by atoms with Gasteiger partial charge in [-0.1, -0.05) is 28.9 Å². The summed E-state index contributed by atoms with van der Waals surface area (Å²) < 4.78 is 19.7. The minimum absolute atomic E-state index is 0.0163. The molecule has 1 aromatic carbocycles. The molecule has 1 aromatic rings. The van der Waals surface area contributed by atoms with Gasteiger partial charge in [-0.2, -0.15) is 0 Å². The lowest BCUT2D eigenvalue weighted by Gasteiger charge is -2.17. The molecule has 0 radical (unpaired) electrons. The third-order valence-corrected chi connectivity index (χ3v) is 4.04. The van der Waals surface area contributed by atoms with Gasteiger partial charge in [0, 0.05) is 17.1 Å². The van der Waals surface area contributed by atoms with Crippen LogP contribution in [-0.2, 0) is 4.74 Å². The van der Waals surface area contributed by atoms with Gasteiger partial charge in [-0.15, -0.1) is 0 Å². The van der Waals surface area contributed by atoms with Crippen LogP contribution >= 0.6 is 15.9 Å². The first-order chi connectivity index (χ1) is 8.08. The smallest absolute Gasteiger partial charge is 0.124 e. The predicted octanol–water partition coefficient (Wildman–Crippen LogP) is 3.27. The molecule has 1 N–H and O–H groups in total. The summed E-state index contributed by atoms with van der Waals surface area (Å²) in [6, 6.07) is 5.18. The van der Waals surface area contributed by atoms with Crippen molar-refractivity contribution in [3.05, 3.63) is 34.1 Å². The highest BCUT2D eigenvalue weighted by atomic mass is 79.9. The summed E-state index contributed by atoms with van der Waals surface area (Å²) in [5.74, 6) is 0.253. The Morgan fingerprint density at radius 3 is 2.88 bits per heavy atom. The molecular weight excluding hydrogens is 285 g/mol. The largest absolute Gasteiger partial charge is 0.372 e. The zero-order valence-corrected chi connectivity index (χ0v) is 11.6. The summed E-state index contributed by atoms with van der Waals surface area (Å²) in [6.45, 7) is 5.81. The number of nitrogens with one attached hydrogen (secondary N) is 1. The van der Waals surface area contributed by atoms with E-state index in [1.807, 2.05) is 0 Å². The molecule has 3 atom stereocenters. The molecule has 1 aliphatic heterocycles. The maximum absolute atomic E-state index is 13.0. The van der Waals surface area contributed by atoms with Crippen LogP contribution in [0.15, 0.2) is 22.7 Å². The number of halogens is 2. The molecule has 2 rings (SSSR count). The van der Waals surface area contributed by atoms with Gasteiger partial charge in [0.2, 0.25) is 0 Å². The van der Waals surface area contributed by atoms with E-state index in [1.165, 1.54) is 12.1 Å². The quantitative estimate of drug-likeness (QED) is 0.859. The Hall–Kier alpha value is -0.450. The lowest BCUT2D eigenvalue weighted by atomic mass is 10.1.